The Morgan fingerprint density at radius 1 is 0.692 bits per heavy atom. The zero-order chi connectivity index (χ0) is 17.9. The number of rotatable bonds is 4. The minimum absolute atomic E-state index is 0.262. The van der Waals surface area contributed by atoms with Gasteiger partial charge in [-0.2, -0.15) is 0 Å². The third-order valence-corrected chi connectivity index (χ3v) is 4.37. The fourth-order valence-corrected chi connectivity index (χ4v) is 3.18. The summed E-state index contributed by atoms with van der Waals surface area (Å²) in [5, 5.41) is 12.3. The van der Waals surface area contributed by atoms with Crippen LogP contribution in [0.2, 0.25) is 0 Å². The van der Waals surface area contributed by atoms with E-state index >= 15 is 0 Å². The molecule has 0 aliphatic rings. The lowest BCUT2D eigenvalue weighted by atomic mass is 10.1. The van der Waals surface area contributed by atoms with Gasteiger partial charge in [0.1, 0.15) is 17.1 Å². The Kier molecular flexibility index (Phi) is 4.43. The average molecular weight is 361 g/mol. The van der Waals surface area contributed by atoms with Crippen LogP contribution in [-0.2, 0) is 11.4 Å². The standard InChI is InChI=1S/C20H14N2O3S/c23-26(24)25-20-13-12-19(16-9-3-4-10-17(16)20)22-21-18-11-5-7-14-6-1-2-8-15(14)18/h1-13H,(H,23,24)/p-1. The molecule has 4 rings (SSSR count). The smallest absolute Gasteiger partial charge is 0.147 e. The molecule has 5 nitrogen and oxygen atoms in total. The number of hydrogen-bond acceptors (Lipinski definition) is 5. The van der Waals surface area contributed by atoms with E-state index in [1.165, 1.54) is 0 Å². The monoisotopic (exact) mass is 361 g/mol. The molecule has 0 amide bonds. The summed E-state index contributed by atoms with van der Waals surface area (Å²) in [6, 6.07) is 24.4. The molecule has 0 aromatic heterocycles. The molecular weight excluding hydrogens is 348 g/mol. The Labute approximate surface area is 152 Å². The lowest BCUT2D eigenvalue weighted by Crippen LogP contribution is -1.98. The van der Waals surface area contributed by atoms with Crippen LogP contribution in [0.1, 0.15) is 0 Å². The van der Waals surface area contributed by atoms with E-state index in [0.29, 0.717) is 11.1 Å². The molecule has 6 heteroatoms. The summed E-state index contributed by atoms with van der Waals surface area (Å²) in [5.74, 6) is 0.262. The molecule has 0 radical (unpaired) electrons. The van der Waals surface area contributed by atoms with E-state index in [1.807, 2.05) is 60.7 Å². The Balaban J connectivity index is 1.80. The number of fused-ring (bicyclic) bond motifs is 2. The molecule has 26 heavy (non-hydrogen) atoms. The van der Waals surface area contributed by atoms with Gasteiger partial charge in [0.2, 0.25) is 0 Å². The van der Waals surface area contributed by atoms with Crippen molar-refractivity contribution >= 4 is 44.3 Å². The molecule has 0 spiro atoms. The van der Waals surface area contributed by atoms with Crippen molar-refractivity contribution in [3.8, 4) is 5.75 Å². The van der Waals surface area contributed by atoms with Gasteiger partial charge in [-0.05, 0) is 23.6 Å². The van der Waals surface area contributed by atoms with Crippen LogP contribution < -0.4 is 4.18 Å². The van der Waals surface area contributed by atoms with Crippen molar-refractivity contribution in [2.75, 3.05) is 0 Å². The van der Waals surface area contributed by atoms with Crippen molar-refractivity contribution in [3.63, 3.8) is 0 Å². The molecule has 0 aliphatic heterocycles. The SMILES string of the molecule is O=S([O-])Oc1ccc(N=Nc2cccc3ccccc23)c2ccccc12. The van der Waals surface area contributed by atoms with Crippen LogP contribution in [0, 0.1) is 0 Å². The van der Waals surface area contributed by atoms with Gasteiger partial charge in [-0.15, -0.1) is 10.2 Å². The fourth-order valence-electron chi connectivity index (χ4n) is 2.89. The Morgan fingerprint density at radius 3 is 2.08 bits per heavy atom. The second-order valence-electron chi connectivity index (χ2n) is 5.61. The summed E-state index contributed by atoms with van der Waals surface area (Å²) in [6.45, 7) is 0. The fraction of sp³-hybridized carbons (Fsp3) is 0. The third kappa shape index (κ3) is 3.20. The predicted octanol–water partition coefficient (Wildman–Crippen LogP) is 5.58. The molecular formula is C20H13N2O3S-. The van der Waals surface area contributed by atoms with Gasteiger partial charge in [-0.25, -0.2) is 4.21 Å². The highest BCUT2D eigenvalue weighted by Gasteiger charge is 2.07. The maximum atomic E-state index is 10.9. The number of nitrogens with zero attached hydrogens (tertiary/aromatic N) is 2. The molecule has 0 N–H and O–H groups in total. The molecule has 1 atom stereocenters. The molecule has 0 fully saturated rings. The lowest BCUT2D eigenvalue weighted by molar-refractivity contribution is 0.442. The van der Waals surface area contributed by atoms with Gasteiger partial charge in [-0.1, -0.05) is 60.7 Å². The number of benzene rings is 4. The molecule has 0 aliphatic carbocycles. The largest absolute Gasteiger partial charge is 0.740 e. The van der Waals surface area contributed by atoms with Gasteiger partial charge in [0.15, 0.2) is 0 Å². The van der Waals surface area contributed by atoms with Crippen LogP contribution in [0.5, 0.6) is 5.75 Å². The first-order valence-corrected chi connectivity index (χ1v) is 8.91. The van der Waals surface area contributed by atoms with Crippen molar-refractivity contribution in [1.29, 1.82) is 0 Å². The average Bonchev–Trinajstić information content (AvgIpc) is 2.67. The maximum absolute atomic E-state index is 10.9. The van der Waals surface area contributed by atoms with Crippen molar-refractivity contribution in [1.82, 2.24) is 0 Å². The number of hydrogen-bond donors (Lipinski definition) is 0. The van der Waals surface area contributed by atoms with Gasteiger partial charge < -0.3 is 8.74 Å². The van der Waals surface area contributed by atoms with Gasteiger partial charge >= 0.3 is 0 Å². The summed E-state index contributed by atoms with van der Waals surface area (Å²) in [7, 11) is 0. The van der Waals surface area contributed by atoms with Gasteiger partial charge in [-0.3, -0.25) is 0 Å². The molecule has 0 bridgehead atoms. The van der Waals surface area contributed by atoms with Crippen molar-refractivity contribution in [3.05, 3.63) is 78.9 Å². The third-order valence-electron chi connectivity index (χ3n) is 4.05. The molecule has 1 unspecified atom stereocenters. The molecule has 128 valence electrons. The first kappa shape index (κ1) is 16.4. The van der Waals surface area contributed by atoms with E-state index in [2.05, 4.69) is 10.2 Å². The Morgan fingerprint density at radius 2 is 1.31 bits per heavy atom. The van der Waals surface area contributed by atoms with Gasteiger partial charge in [0.05, 0.1) is 11.4 Å². The van der Waals surface area contributed by atoms with Crippen molar-refractivity contribution < 1.29 is 12.9 Å². The topological polar surface area (TPSA) is 74.1 Å². The molecule has 4 aromatic rings. The summed E-state index contributed by atoms with van der Waals surface area (Å²) in [6.07, 6.45) is 0. The Hall–Kier alpha value is -3.09. The Bertz CT molecular complexity index is 1150. The minimum atomic E-state index is -2.63. The van der Waals surface area contributed by atoms with Crippen LogP contribution in [0.15, 0.2) is 89.1 Å². The number of azo groups is 1. The quantitative estimate of drug-likeness (QED) is 0.352. The predicted molar refractivity (Wildman–Crippen MR) is 102 cm³/mol. The van der Waals surface area contributed by atoms with E-state index in [9.17, 15) is 8.76 Å². The normalized spacial score (nSPS) is 12.7. The van der Waals surface area contributed by atoms with E-state index in [-0.39, 0.29) is 5.75 Å². The lowest BCUT2D eigenvalue weighted by Gasteiger charge is -2.11. The van der Waals surface area contributed by atoms with Crippen molar-refractivity contribution in [2.45, 2.75) is 0 Å². The molecule has 4 aromatic carbocycles. The highest BCUT2D eigenvalue weighted by Crippen LogP contribution is 2.35. The summed E-state index contributed by atoms with van der Waals surface area (Å²) in [5.41, 5.74) is 1.41. The molecule has 0 heterocycles. The summed E-state index contributed by atoms with van der Waals surface area (Å²) < 4.78 is 26.6. The van der Waals surface area contributed by atoms with E-state index in [4.69, 9.17) is 4.18 Å². The maximum Gasteiger partial charge on any atom is 0.147 e. The molecule has 0 saturated heterocycles. The second-order valence-corrected chi connectivity index (χ2v) is 6.19. The zero-order valence-electron chi connectivity index (χ0n) is 13.5. The van der Waals surface area contributed by atoms with Crippen LogP contribution in [-0.4, -0.2) is 8.76 Å². The van der Waals surface area contributed by atoms with Crippen LogP contribution in [0.25, 0.3) is 21.5 Å². The van der Waals surface area contributed by atoms with Crippen LogP contribution in [0.4, 0.5) is 11.4 Å². The molecule has 0 saturated carbocycles. The summed E-state index contributed by atoms with van der Waals surface area (Å²) >= 11 is -2.63. The zero-order valence-corrected chi connectivity index (χ0v) is 14.3. The summed E-state index contributed by atoms with van der Waals surface area (Å²) in [4.78, 5) is 0. The van der Waals surface area contributed by atoms with Crippen LogP contribution in [0.3, 0.4) is 0 Å². The van der Waals surface area contributed by atoms with Gasteiger partial charge in [0, 0.05) is 16.2 Å². The second kappa shape index (κ2) is 7.03. The van der Waals surface area contributed by atoms with Gasteiger partial charge in [0.25, 0.3) is 0 Å². The van der Waals surface area contributed by atoms with E-state index < -0.39 is 11.4 Å². The highest BCUT2D eigenvalue weighted by atomic mass is 32.2. The first-order valence-electron chi connectivity index (χ1n) is 7.91. The van der Waals surface area contributed by atoms with Crippen molar-refractivity contribution in [2.24, 2.45) is 10.2 Å². The first-order chi connectivity index (χ1) is 12.7. The van der Waals surface area contributed by atoms with Crippen LogP contribution >= 0.6 is 0 Å². The van der Waals surface area contributed by atoms with E-state index in [0.717, 1.165) is 21.8 Å². The minimum Gasteiger partial charge on any atom is -0.740 e. The highest BCUT2D eigenvalue weighted by molar-refractivity contribution is 7.74. The van der Waals surface area contributed by atoms with E-state index in [1.54, 1.807) is 18.2 Å².